The third-order valence-corrected chi connectivity index (χ3v) is 9.37. The van der Waals surface area contributed by atoms with Crippen molar-refractivity contribution in [2.24, 2.45) is 5.92 Å². The predicted octanol–water partition coefficient (Wildman–Crippen LogP) is 3.95. The molecule has 6 rings (SSSR count). The van der Waals surface area contributed by atoms with Gasteiger partial charge in [0.25, 0.3) is 5.91 Å². The zero-order valence-electron chi connectivity index (χ0n) is 24.2. The largest absolute Gasteiger partial charge is 0.486 e. The summed E-state index contributed by atoms with van der Waals surface area (Å²) in [6.07, 6.45) is 2.70. The predicted molar refractivity (Wildman–Crippen MR) is 150 cm³/mol. The van der Waals surface area contributed by atoms with Gasteiger partial charge in [-0.05, 0) is 103 Å². The Hall–Kier alpha value is -3.00. The van der Waals surface area contributed by atoms with Crippen LogP contribution in [0.25, 0.3) is 0 Å². The molecule has 0 radical (unpaired) electrons. The Morgan fingerprint density at radius 1 is 1.15 bits per heavy atom. The molecule has 1 saturated heterocycles. The number of benzene rings is 1. The van der Waals surface area contributed by atoms with Gasteiger partial charge >= 0.3 is 0 Å². The van der Waals surface area contributed by atoms with Gasteiger partial charge in [-0.15, -0.1) is 0 Å². The fraction of sp³-hybridized carbons (Fsp3) is 0.613. The maximum Gasteiger partial charge on any atom is 0.268 e. The summed E-state index contributed by atoms with van der Waals surface area (Å²) in [4.78, 5) is 31.6. The van der Waals surface area contributed by atoms with Crippen LogP contribution >= 0.6 is 0 Å². The van der Waals surface area contributed by atoms with Crippen LogP contribution in [0.1, 0.15) is 92.0 Å². The van der Waals surface area contributed by atoms with Crippen LogP contribution in [0.5, 0.6) is 11.5 Å². The van der Waals surface area contributed by atoms with E-state index in [9.17, 15) is 9.59 Å². The van der Waals surface area contributed by atoms with Gasteiger partial charge < -0.3 is 30.0 Å². The Bertz CT molecular complexity index is 1330. The highest BCUT2D eigenvalue weighted by atomic mass is 16.5. The number of hydrogen-bond donors (Lipinski definition) is 3. The average molecular weight is 535 g/mol. The van der Waals surface area contributed by atoms with Crippen molar-refractivity contribution in [1.82, 2.24) is 20.5 Å². The molecule has 0 saturated carbocycles. The Kier molecular flexibility index (Phi) is 6.25. The van der Waals surface area contributed by atoms with E-state index in [1.165, 1.54) is 16.7 Å². The highest BCUT2D eigenvalue weighted by Crippen LogP contribution is 2.67. The van der Waals surface area contributed by atoms with Gasteiger partial charge in [0.1, 0.15) is 17.9 Å². The fourth-order valence-electron chi connectivity index (χ4n) is 7.83. The van der Waals surface area contributed by atoms with E-state index in [1.54, 1.807) is 0 Å². The number of fused-ring (bicyclic) bond motifs is 2. The zero-order chi connectivity index (χ0) is 27.8. The monoisotopic (exact) mass is 534 g/mol. The number of aromatic amines is 1. The molecule has 8 heteroatoms. The Balaban J connectivity index is 1.42. The summed E-state index contributed by atoms with van der Waals surface area (Å²) in [5.41, 5.74) is 6.42. The van der Waals surface area contributed by atoms with Crippen LogP contribution in [0.2, 0.25) is 0 Å². The summed E-state index contributed by atoms with van der Waals surface area (Å²) in [6.45, 7) is 12.9. The van der Waals surface area contributed by atoms with Crippen molar-refractivity contribution in [3.05, 3.63) is 45.8 Å². The summed E-state index contributed by atoms with van der Waals surface area (Å²) in [6, 6.07) is 4.81. The first-order valence-corrected chi connectivity index (χ1v) is 14.5. The van der Waals surface area contributed by atoms with Gasteiger partial charge in [-0.1, -0.05) is 6.07 Å². The topological polar surface area (TPSA) is 95.7 Å². The molecule has 3 heterocycles. The van der Waals surface area contributed by atoms with Crippen molar-refractivity contribution in [2.75, 3.05) is 13.6 Å². The molecule has 8 nitrogen and oxygen atoms in total. The third-order valence-electron chi connectivity index (χ3n) is 9.37. The summed E-state index contributed by atoms with van der Waals surface area (Å²) < 4.78 is 13.4. The molecule has 2 aromatic rings. The van der Waals surface area contributed by atoms with Crippen molar-refractivity contribution < 1.29 is 19.1 Å². The van der Waals surface area contributed by atoms with Crippen LogP contribution in [-0.2, 0) is 23.1 Å². The van der Waals surface area contributed by atoms with Crippen LogP contribution in [0.3, 0.4) is 0 Å². The standard InChI is InChI=1S/C31H42N4O4/c1-15(2)32-24(36)12-17(5)38-23-9-8-19-13-22-21-14-20-18(6)26(30(37)33-16(3)4)34-27(20)29-31(21,10-11-35(22)7)25(19)28(23)39-29/h8-9,15-17,21-22,29,34H,10-14H2,1-7H3,(H,32,36)(H,33,37)/t17?,21-,22+,29+,31+/m1/s1. The van der Waals surface area contributed by atoms with E-state index in [2.05, 4.69) is 40.6 Å². The SMILES string of the molecule is Cc1c(C(=O)NC(C)C)[nH]c2c1C[C@@H]1[C@@H]3Cc4ccc(OC(C)CC(=O)NC(C)C)c5c4[C@@]1(CCN3C)[C@H]2O5. The molecule has 2 amide bonds. The number of nitrogens with one attached hydrogen (secondary N) is 3. The number of likely N-dealkylation sites (tertiary alicyclic amines) is 1. The van der Waals surface area contributed by atoms with Gasteiger partial charge in [0.05, 0.1) is 12.1 Å². The van der Waals surface area contributed by atoms with Gasteiger partial charge in [0, 0.05) is 29.1 Å². The summed E-state index contributed by atoms with van der Waals surface area (Å²) in [5.74, 6) is 1.85. The van der Waals surface area contributed by atoms with Crippen molar-refractivity contribution >= 4 is 11.8 Å². The molecular weight excluding hydrogens is 492 g/mol. The molecular formula is C31H42N4O4. The maximum atomic E-state index is 13.1. The number of amides is 2. The highest BCUT2D eigenvalue weighted by molar-refractivity contribution is 5.94. The molecule has 1 fully saturated rings. The smallest absolute Gasteiger partial charge is 0.268 e. The summed E-state index contributed by atoms with van der Waals surface area (Å²) in [5, 5.41) is 6.01. The van der Waals surface area contributed by atoms with Crippen LogP contribution in [-0.4, -0.2) is 59.5 Å². The number of carbonyl (C=O) groups excluding carboxylic acids is 2. The first kappa shape index (κ1) is 26.2. The molecule has 2 aliphatic heterocycles. The van der Waals surface area contributed by atoms with E-state index in [4.69, 9.17) is 9.47 Å². The van der Waals surface area contributed by atoms with Crippen LogP contribution in [0, 0.1) is 12.8 Å². The molecule has 210 valence electrons. The van der Waals surface area contributed by atoms with E-state index in [0.717, 1.165) is 42.8 Å². The van der Waals surface area contributed by atoms with Crippen LogP contribution in [0.15, 0.2) is 12.1 Å². The maximum absolute atomic E-state index is 13.1. The lowest BCUT2D eigenvalue weighted by Crippen LogP contribution is -2.62. The molecule has 2 bridgehead atoms. The van der Waals surface area contributed by atoms with Crippen LogP contribution in [0.4, 0.5) is 0 Å². The molecule has 39 heavy (non-hydrogen) atoms. The lowest BCUT2D eigenvalue weighted by molar-refractivity contribution is -0.123. The lowest BCUT2D eigenvalue weighted by atomic mass is 9.51. The number of H-pyrrole nitrogens is 1. The molecule has 5 atom stereocenters. The Labute approximate surface area is 231 Å². The van der Waals surface area contributed by atoms with E-state index >= 15 is 0 Å². The Morgan fingerprint density at radius 2 is 1.90 bits per heavy atom. The van der Waals surface area contributed by atoms with Gasteiger partial charge in [-0.3, -0.25) is 9.59 Å². The van der Waals surface area contributed by atoms with Crippen molar-refractivity contribution in [1.29, 1.82) is 0 Å². The van der Waals surface area contributed by atoms with Crippen molar-refractivity contribution in [2.45, 2.75) is 103 Å². The van der Waals surface area contributed by atoms with Gasteiger partial charge in [0.2, 0.25) is 5.91 Å². The third kappa shape index (κ3) is 3.97. The Morgan fingerprint density at radius 3 is 2.62 bits per heavy atom. The first-order chi connectivity index (χ1) is 18.5. The van der Waals surface area contributed by atoms with E-state index in [1.807, 2.05) is 40.7 Å². The minimum Gasteiger partial charge on any atom is -0.486 e. The average Bonchev–Trinajstić information content (AvgIpc) is 3.36. The summed E-state index contributed by atoms with van der Waals surface area (Å²) in [7, 11) is 2.25. The number of carbonyl (C=O) groups is 2. The zero-order valence-corrected chi connectivity index (χ0v) is 24.2. The molecule has 1 spiro atoms. The minimum absolute atomic E-state index is 0.0167. The second-order valence-corrected chi connectivity index (χ2v) is 12.8. The second-order valence-electron chi connectivity index (χ2n) is 12.8. The van der Waals surface area contributed by atoms with E-state index in [-0.39, 0.29) is 47.9 Å². The number of ether oxygens (including phenoxy) is 2. The summed E-state index contributed by atoms with van der Waals surface area (Å²) >= 11 is 0. The number of piperidine rings is 1. The minimum atomic E-state index is -0.291. The van der Waals surface area contributed by atoms with Crippen molar-refractivity contribution in [3.63, 3.8) is 0 Å². The number of rotatable bonds is 7. The number of hydrogen-bond acceptors (Lipinski definition) is 5. The van der Waals surface area contributed by atoms with Crippen molar-refractivity contribution in [3.8, 4) is 11.5 Å². The van der Waals surface area contributed by atoms with Gasteiger partial charge in [0.15, 0.2) is 11.5 Å². The van der Waals surface area contributed by atoms with E-state index in [0.29, 0.717) is 23.4 Å². The van der Waals surface area contributed by atoms with Gasteiger partial charge in [-0.2, -0.15) is 0 Å². The molecule has 2 aliphatic carbocycles. The number of likely N-dealkylation sites (N-methyl/N-ethyl adjacent to an activating group) is 1. The highest BCUT2D eigenvalue weighted by Gasteiger charge is 2.65. The quantitative estimate of drug-likeness (QED) is 0.500. The second kappa shape index (κ2) is 9.29. The normalized spacial score (nSPS) is 27.1. The van der Waals surface area contributed by atoms with Crippen LogP contribution < -0.4 is 20.1 Å². The van der Waals surface area contributed by atoms with Gasteiger partial charge in [-0.25, -0.2) is 0 Å². The van der Waals surface area contributed by atoms with E-state index < -0.39 is 0 Å². The molecule has 4 aliphatic rings. The molecule has 1 aromatic carbocycles. The number of nitrogens with zero attached hydrogens (tertiary/aromatic N) is 1. The molecule has 3 N–H and O–H groups in total. The lowest BCUT2D eigenvalue weighted by Gasteiger charge is -2.57. The number of aromatic nitrogens is 1. The molecule has 1 aromatic heterocycles. The molecule has 1 unspecified atom stereocenters. The first-order valence-electron chi connectivity index (χ1n) is 14.5. The fourth-order valence-corrected chi connectivity index (χ4v) is 7.83.